The number of nitrogens with zero attached hydrogens (tertiary/aromatic N) is 1. The maximum absolute atomic E-state index is 11.7. The van der Waals surface area contributed by atoms with Crippen LogP contribution in [-0.2, 0) is 4.79 Å². The maximum Gasteiger partial charge on any atom is 0.245 e. The van der Waals surface area contributed by atoms with Crippen LogP contribution in [0.15, 0.2) is 53.4 Å². The quantitative estimate of drug-likeness (QED) is 0.499. The summed E-state index contributed by atoms with van der Waals surface area (Å²) in [7, 11) is 0. The molecule has 1 atom stereocenters. The zero-order valence-corrected chi connectivity index (χ0v) is 13.5. The van der Waals surface area contributed by atoms with Crippen LogP contribution in [0, 0.1) is 0 Å². The molecule has 23 heavy (non-hydrogen) atoms. The van der Waals surface area contributed by atoms with Gasteiger partial charge in [-0.25, -0.2) is 5.48 Å². The minimum absolute atomic E-state index is 0.124. The molecule has 5 nitrogen and oxygen atoms in total. The highest BCUT2D eigenvalue weighted by Gasteiger charge is 2.33. The second-order valence-electron chi connectivity index (χ2n) is 5.14. The van der Waals surface area contributed by atoms with Crippen molar-refractivity contribution in [3.63, 3.8) is 0 Å². The summed E-state index contributed by atoms with van der Waals surface area (Å²) in [6, 6.07) is 15.7. The van der Waals surface area contributed by atoms with Crippen LogP contribution >= 0.6 is 11.9 Å². The van der Waals surface area contributed by atoms with Crippen LogP contribution in [0.4, 0.5) is 5.69 Å². The van der Waals surface area contributed by atoms with Crippen LogP contribution in [0.3, 0.4) is 0 Å². The Morgan fingerprint density at radius 3 is 2.70 bits per heavy atom. The number of benzene rings is 2. The first-order chi connectivity index (χ1) is 11.2. The van der Waals surface area contributed by atoms with E-state index >= 15 is 0 Å². The topological polar surface area (TPSA) is 61.8 Å². The molecule has 6 heteroatoms. The highest BCUT2D eigenvalue weighted by Crippen LogP contribution is 2.48. The molecule has 1 aliphatic heterocycles. The zero-order valence-electron chi connectivity index (χ0n) is 12.7. The molecule has 0 aromatic heterocycles. The number of hydrogen-bond acceptors (Lipinski definition) is 5. The molecule has 1 amide bonds. The van der Waals surface area contributed by atoms with Crippen molar-refractivity contribution < 1.29 is 14.7 Å². The molecule has 0 spiro atoms. The lowest BCUT2D eigenvalue weighted by Gasteiger charge is -2.25. The molecule has 0 aliphatic carbocycles. The number of carbonyl (C=O) groups is 1. The highest BCUT2D eigenvalue weighted by atomic mass is 32.2. The second kappa shape index (κ2) is 6.93. The zero-order chi connectivity index (χ0) is 16.2. The third-order valence-corrected chi connectivity index (χ3v) is 4.89. The Morgan fingerprint density at radius 2 is 2.00 bits per heavy atom. The minimum Gasteiger partial charge on any atom is -0.494 e. The van der Waals surface area contributed by atoms with Gasteiger partial charge in [0.25, 0.3) is 0 Å². The largest absolute Gasteiger partial charge is 0.494 e. The molecule has 1 aliphatic rings. The summed E-state index contributed by atoms with van der Waals surface area (Å²) >= 11 is 1.60. The summed E-state index contributed by atoms with van der Waals surface area (Å²) in [5.41, 5.74) is 3.81. The van der Waals surface area contributed by atoms with E-state index in [2.05, 4.69) is 4.31 Å². The molecule has 2 aromatic rings. The van der Waals surface area contributed by atoms with Gasteiger partial charge in [-0.1, -0.05) is 18.2 Å². The van der Waals surface area contributed by atoms with Gasteiger partial charge in [-0.2, -0.15) is 0 Å². The average molecular weight is 330 g/mol. The molecule has 3 rings (SSSR count). The van der Waals surface area contributed by atoms with E-state index in [4.69, 9.17) is 9.94 Å². The lowest BCUT2D eigenvalue weighted by Crippen LogP contribution is -2.26. The van der Waals surface area contributed by atoms with Crippen molar-refractivity contribution in [2.75, 3.05) is 10.9 Å². The first-order valence-electron chi connectivity index (χ1n) is 7.45. The minimum atomic E-state index is -0.400. The Balaban J connectivity index is 1.89. The third-order valence-electron chi connectivity index (χ3n) is 3.66. The van der Waals surface area contributed by atoms with Crippen LogP contribution < -0.4 is 14.5 Å². The van der Waals surface area contributed by atoms with Gasteiger partial charge in [0.15, 0.2) is 0 Å². The van der Waals surface area contributed by atoms with Crippen molar-refractivity contribution in [2.45, 2.75) is 24.3 Å². The fourth-order valence-corrected chi connectivity index (χ4v) is 3.84. The summed E-state index contributed by atoms with van der Waals surface area (Å²) in [6.45, 7) is 2.58. The summed E-state index contributed by atoms with van der Waals surface area (Å²) < 4.78 is 7.56. The van der Waals surface area contributed by atoms with E-state index in [1.54, 1.807) is 17.4 Å². The Morgan fingerprint density at radius 1 is 1.26 bits per heavy atom. The second-order valence-corrected chi connectivity index (χ2v) is 6.15. The normalized spacial score (nSPS) is 16.1. The molecule has 0 fully saturated rings. The number of rotatable bonds is 5. The van der Waals surface area contributed by atoms with Gasteiger partial charge in [-0.3, -0.25) is 10.0 Å². The molecule has 2 aromatic carbocycles. The van der Waals surface area contributed by atoms with Crippen molar-refractivity contribution in [3.05, 3.63) is 54.1 Å². The summed E-state index contributed by atoms with van der Waals surface area (Å²) in [5, 5.41) is 8.85. The van der Waals surface area contributed by atoms with Gasteiger partial charge in [-0.15, -0.1) is 0 Å². The first kappa shape index (κ1) is 15.7. The maximum atomic E-state index is 11.7. The lowest BCUT2D eigenvalue weighted by atomic mass is 10.0. The molecular formula is C17H18N2O3S. The van der Waals surface area contributed by atoms with Crippen molar-refractivity contribution in [1.29, 1.82) is 0 Å². The summed E-state index contributed by atoms with van der Waals surface area (Å²) in [4.78, 5) is 12.8. The van der Waals surface area contributed by atoms with E-state index in [9.17, 15) is 4.79 Å². The molecule has 0 saturated heterocycles. The van der Waals surface area contributed by atoms with Gasteiger partial charge in [0.2, 0.25) is 5.91 Å². The Hall–Kier alpha value is -2.18. The standard InChI is InChI=1S/C17H18N2O3S/c1-2-22-13-9-7-12(8-10-13)19-15(11-17(20)18-21)14-5-3-4-6-16(14)23-19/h3-10,15,21H,2,11H2,1H3,(H,18,20). The first-order valence-corrected chi connectivity index (χ1v) is 8.22. The van der Waals surface area contributed by atoms with Crippen LogP contribution in [0.2, 0.25) is 0 Å². The van der Waals surface area contributed by atoms with Gasteiger partial charge >= 0.3 is 0 Å². The number of hydroxylamine groups is 1. The smallest absolute Gasteiger partial charge is 0.245 e. The third kappa shape index (κ3) is 3.28. The number of anilines is 1. The van der Waals surface area contributed by atoms with E-state index in [0.29, 0.717) is 6.61 Å². The van der Waals surface area contributed by atoms with E-state index in [-0.39, 0.29) is 12.5 Å². The van der Waals surface area contributed by atoms with Crippen molar-refractivity contribution in [2.24, 2.45) is 0 Å². The number of amides is 1. The number of carbonyl (C=O) groups excluding carboxylic acids is 1. The average Bonchev–Trinajstić information content (AvgIpc) is 2.94. The van der Waals surface area contributed by atoms with Crippen molar-refractivity contribution in [3.8, 4) is 5.75 Å². The number of hydrogen-bond donors (Lipinski definition) is 2. The fraction of sp³-hybridized carbons (Fsp3) is 0.235. The van der Waals surface area contributed by atoms with Gasteiger partial charge in [0, 0.05) is 10.6 Å². The molecule has 2 N–H and O–H groups in total. The summed E-state index contributed by atoms with van der Waals surface area (Å²) in [6.07, 6.45) is 0.188. The van der Waals surface area contributed by atoms with Crippen molar-refractivity contribution in [1.82, 2.24) is 5.48 Å². The van der Waals surface area contributed by atoms with E-state index in [0.717, 1.165) is 21.9 Å². The number of ether oxygens (including phenoxy) is 1. The van der Waals surface area contributed by atoms with Crippen LogP contribution in [-0.4, -0.2) is 17.7 Å². The Kier molecular flexibility index (Phi) is 4.73. The van der Waals surface area contributed by atoms with E-state index in [1.807, 2.05) is 55.5 Å². The van der Waals surface area contributed by atoms with Gasteiger partial charge < -0.3 is 9.04 Å². The molecule has 1 heterocycles. The van der Waals surface area contributed by atoms with Gasteiger partial charge in [0.1, 0.15) is 5.75 Å². The van der Waals surface area contributed by atoms with E-state index in [1.165, 1.54) is 0 Å². The molecule has 1 unspecified atom stereocenters. The van der Waals surface area contributed by atoms with E-state index < -0.39 is 5.91 Å². The van der Waals surface area contributed by atoms with Gasteiger partial charge in [-0.05, 0) is 54.8 Å². The van der Waals surface area contributed by atoms with Crippen LogP contribution in [0.1, 0.15) is 24.9 Å². The Labute approximate surface area is 139 Å². The summed E-state index contributed by atoms with van der Waals surface area (Å²) in [5.74, 6) is 0.422. The monoisotopic (exact) mass is 330 g/mol. The van der Waals surface area contributed by atoms with Crippen LogP contribution in [0.25, 0.3) is 0 Å². The number of nitrogens with one attached hydrogen (secondary N) is 1. The molecule has 0 saturated carbocycles. The van der Waals surface area contributed by atoms with Crippen molar-refractivity contribution >= 4 is 23.5 Å². The molecule has 0 radical (unpaired) electrons. The Bertz CT molecular complexity index is 690. The van der Waals surface area contributed by atoms with Crippen LogP contribution in [0.5, 0.6) is 5.75 Å². The number of fused-ring (bicyclic) bond motifs is 1. The van der Waals surface area contributed by atoms with Gasteiger partial charge in [0.05, 0.1) is 19.1 Å². The molecular weight excluding hydrogens is 312 g/mol. The lowest BCUT2D eigenvalue weighted by molar-refractivity contribution is -0.129. The SMILES string of the molecule is CCOc1ccc(N2Sc3ccccc3C2CC(=O)NO)cc1. The fourth-order valence-electron chi connectivity index (χ4n) is 2.64. The predicted molar refractivity (Wildman–Crippen MR) is 89.7 cm³/mol. The highest BCUT2D eigenvalue weighted by molar-refractivity contribution is 8.01. The molecule has 120 valence electrons. The molecule has 0 bridgehead atoms. The predicted octanol–water partition coefficient (Wildman–Crippen LogP) is 3.55.